The van der Waals surface area contributed by atoms with Crippen molar-refractivity contribution in [1.29, 1.82) is 0 Å². The molecule has 5 heteroatoms. The van der Waals surface area contributed by atoms with Crippen molar-refractivity contribution >= 4 is 0 Å². The molecule has 2 nitrogen and oxygen atoms in total. The van der Waals surface area contributed by atoms with Gasteiger partial charge >= 0.3 is 6.18 Å². The second kappa shape index (κ2) is 7.34. The minimum Gasteiger partial charge on any atom is -0.376 e. The molecule has 1 aliphatic rings. The van der Waals surface area contributed by atoms with E-state index in [1.165, 1.54) is 0 Å². The Morgan fingerprint density at radius 3 is 2.56 bits per heavy atom. The highest BCUT2D eigenvalue weighted by Crippen LogP contribution is 2.30. The van der Waals surface area contributed by atoms with Crippen molar-refractivity contribution in [2.75, 3.05) is 13.7 Å². The Morgan fingerprint density at radius 2 is 2.00 bits per heavy atom. The third-order valence-corrected chi connectivity index (χ3v) is 3.69. The van der Waals surface area contributed by atoms with Gasteiger partial charge in [-0.2, -0.15) is 13.2 Å². The van der Waals surface area contributed by atoms with Crippen molar-refractivity contribution in [2.45, 2.75) is 63.8 Å². The van der Waals surface area contributed by atoms with E-state index in [2.05, 4.69) is 12.2 Å². The van der Waals surface area contributed by atoms with Gasteiger partial charge in [-0.05, 0) is 32.2 Å². The second-order valence-electron chi connectivity index (χ2n) is 5.14. The molecule has 1 N–H and O–H groups in total. The minimum absolute atomic E-state index is 0.0670. The van der Waals surface area contributed by atoms with Crippen LogP contribution in [-0.4, -0.2) is 32.0 Å². The normalized spacial score (nSPS) is 29.5. The first-order chi connectivity index (χ1) is 8.46. The van der Waals surface area contributed by atoms with Gasteiger partial charge in [-0.15, -0.1) is 0 Å². The lowest BCUT2D eigenvalue weighted by Gasteiger charge is -2.36. The molecule has 1 fully saturated rings. The molecule has 0 aliphatic heterocycles. The Labute approximate surface area is 107 Å². The summed E-state index contributed by atoms with van der Waals surface area (Å²) in [7, 11) is 1.85. The Balaban J connectivity index is 2.37. The van der Waals surface area contributed by atoms with Crippen LogP contribution in [0.15, 0.2) is 0 Å². The van der Waals surface area contributed by atoms with Gasteiger partial charge in [0.2, 0.25) is 0 Å². The highest BCUT2D eigenvalue weighted by atomic mass is 19.4. The molecule has 1 rings (SSSR count). The van der Waals surface area contributed by atoms with Gasteiger partial charge in [0.15, 0.2) is 0 Å². The van der Waals surface area contributed by atoms with E-state index in [0.29, 0.717) is 5.92 Å². The summed E-state index contributed by atoms with van der Waals surface area (Å²) in [5.74, 6) is 0.607. The zero-order valence-corrected chi connectivity index (χ0v) is 11.2. The minimum atomic E-state index is -4.12. The first-order valence-electron chi connectivity index (χ1n) is 6.82. The van der Waals surface area contributed by atoms with E-state index >= 15 is 0 Å². The lowest BCUT2D eigenvalue weighted by Crippen LogP contribution is -2.44. The zero-order valence-electron chi connectivity index (χ0n) is 11.2. The summed E-state index contributed by atoms with van der Waals surface area (Å²) in [5.41, 5.74) is 0. The fourth-order valence-corrected chi connectivity index (χ4v) is 2.72. The number of rotatable bonds is 6. The Bertz CT molecular complexity index is 233. The Morgan fingerprint density at radius 1 is 1.28 bits per heavy atom. The number of hydrogen-bond donors (Lipinski definition) is 1. The predicted molar refractivity (Wildman–Crippen MR) is 65.5 cm³/mol. The summed E-state index contributed by atoms with van der Waals surface area (Å²) in [6, 6.07) is 0.200. The van der Waals surface area contributed by atoms with Gasteiger partial charge in [0.05, 0.1) is 19.1 Å². The highest BCUT2D eigenvalue weighted by molar-refractivity contribution is 4.85. The number of ether oxygens (including phenoxy) is 1. The van der Waals surface area contributed by atoms with Crippen LogP contribution < -0.4 is 5.32 Å². The fourth-order valence-electron chi connectivity index (χ4n) is 2.72. The topological polar surface area (TPSA) is 21.3 Å². The molecule has 0 amide bonds. The average Bonchev–Trinajstić information content (AvgIpc) is 2.28. The van der Waals surface area contributed by atoms with E-state index in [1.807, 2.05) is 7.05 Å². The first kappa shape index (κ1) is 15.8. The van der Waals surface area contributed by atoms with Gasteiger partial charge in [-0.1, -0.05) is 19.8 Å². The van der Waals surface area contributed by atoms with Crippen LogP contribution in [0.4, 0.5) is 13.2 Å². The van der Waals surface area contributed by atoms with Crippen LogP contribution >= 0.6 is 0 Å². The van der Waals surface area contributed by atoms with Gasteiger partial charge in [-0.3, -0.25) is 0 Å². The third-order valence-electron chi connectivity index (χ3n) is 3.69. The van der Waals surface area contributed by atoms with Gasteiger partial charge in [0.1, 0.15) is 0 Å². The Kier molecular flexibility index (Phi) is 6.43. The molecule has 0 aromatic carbocycles. The van der Waals surface area contributed by atoms with Crippen LogP contribution in [0, 0.1) is 5.92 Å². The van der Waals surface area contributed by atoms with E-state index in [1.54, 1.807) is 0 Å². The maximum atomic E-state index is 12.1. The number of hydrogen-bond acceptors (Lipinski definition) is 2. The molecule has 1 aliphatic carbocycles. The summed E-state index contributed by atoms with van der Waals surface area (Å²) >= 11 is 0. The number of halogens is 3. The van der Waals surface area contributed by atoms with Crippen LogP contribution in [0.25, 0.3) is 0 Å². The maximum absolute atomic E-state index is 12.1. The molecule has 0 saturated heterocycles. The highest BCUT2D eigenvalue weighted by Gasteiger charge is 2.32. The van der Waals surface area contributed by atoms with Crippen LogP contribution in [0.2, 0.25) is 0 Å². The first-order valence-corrected chi connectivity index (χ1v) is 6.82. The van der Waals surface area contributed by atoms with Crippen LogP contribution in [0.5, 0.6) is 0 Å². The summed E-state index contributed by atoms with van der Waals surface area (Å²) in [4.78, 5) is 0. The quantitative estimate of drug-likeness (QED) is 0.795. The van der Waals surface area contributed by atoms with Crippen molar-refractivity contribution in [3.63, 3.8) is 0 Å². The van der Waals surface area contributed by atoms with Crippen molar-refractivity contribution in [1.82, 2.24) is 5.32 Å². The smallest absolute Gasteiger partial charge is 0.376 e. The van der Waals surface area contributed by atoms with Crippen LogP contribution in [0.1, 0.15) is 45.4 Å². The molecular weight excluding hydrogens is 243 g/mol. The van der Waals surface area contributed by atoms with Gasteiger partial charge in [0.25, 0.3) is 0 Å². The molecule has 0 spiro atoms. The van der Waals surface area contributed by atoms with E-state index in [0.717, 1.165) is 32.1 Å². The summed E-state index contributed by atoms with van der Waals surface area (Å²) < 4.78 is 41.7. The standard InChI is InChI=1S/C13H24F3NO/c1-3-4-10-5-6-11(17-2)12(9-10)18-8-7-13(14,15)16/h10-12,17H,3-9H2,1-2H3. The van der Waals surface area contributed by atoms with E-state index < -0.39 is 12.6 Å². The number of nitrogens with one attached hydrogen (secondary N) is 1. The van der Waals surface area contributed by atoms with Crippen molar-refractivity contribution in [3.8, 4) is 0 Å². The predicted octanol–water partition coefficient (Wildman–Crippen LogP) is 3.51. The van der Waals surface area contributed by atoms with Crippen LogP contribution in [0.3, 0.4) is 0 Å². The second-order valence-corrected chi connectivity index (χ2v) is 5.14. The van der Waals surface area contributed by atoms with E-state index in [9.17, 15) is 13.2 Å². The summed E-state index contributed by atoms with van der Waals surface area (Å²) in [6.45, 7) is 1.93. The monoisotopic (exact) mass is 267 g/mol. The lowest BCUT2D eigenvalue weighted by molar-refractivity contribution is -0.152. The molecule has 0 radical (unpaired) electrons. The summed E-state index contributed by atoms with van der Waals surface area (Å²) in [5, 5.41) is 3.16. The van der Waals surface area contributed by atoms with Crippen molar-refractivity contribution in [3.05, 3.63) is 0 Å². The van der Waals surface area contributed by atoms with Gasteiger partial charge in [-0.25, -0.2) is 0 Å². The molecule has 3 atom stereocenters. The average molecular weight is 267 g/mol. The van der Waals surface area contributed by atoms with Gasteiger partial charge in [0, 0.05) is 6.04 Å². The number of likely N-dealkylation sites (N-methyl/N-ethyl adjacent to an activating group) is 1. The molecule has 0 aromatic heterocycles. The third kappa shape index (κ3) is 5.57. The SMILES string of the molecule is CCCC1CCC(NC)C(OCCC(F)(F)F)C1. The van der Waals surface area contributed by atoms with Crippen LogP contribution in [-0.2, 0) is 4.74 Å². The molecule has 0 bridgehead atoms. The molecule has 0 aromatic rings. The Hall–Kier alpha value is -0.290. The molecule has 18 heavy (non-hydrogen) atoms. The van der Waals surface area contributed by atoms with Crippen molar-refractivity contribution in [2.24, 2.45) is 5.92 Å². The largest absolute Gasteiger partial charge is 0.391 e. The van der Waals surface area contributed by atoms with Crippen molar-refractivity contribution < 1.29 is 17.9 Å². The molecule has 3 unspecified atom stereocenters. The number of alkyl halides is 3. The van der Waals surface area contributed by atoms with Gasteiger partial charge < -0.3 is 10.1 Å². The lowest BCUT2D eigenvalue weighted by atomic mass is 9.81. The maximum Gasteiger partial charge on any atom is 0.391 e. The fraction of sp³-hybridized carbons (Fsp3) is 1.00. The van der Waals surface area contributed by atoms with E-state index in [4.69, 9.17) is 4.74 Å². The van der Waals surface area contributed by atoms with E-state index in [-0.39, 0.29) is 18.8 Å². The molecular formula is C13H24F3NO. The molecule has 1 saturated carbocycles. The summed E-state index contributed by atoms with van der Waals surface area (Å²) in [6.07, 6.45) is 0.279. The molecule has 108 valence electrons. The zero-order chi connectivity index (χ0) is 13.6. The molecule has 0 heterocycles.